The van der Waals surface area contributed by atoms with Crippen molar-refractivity contribution in [2.45, 2.75) is 37.8 Å². The fourth-order valence-corrected chi connectivity index (χ4v) is 3.97. The molecule has 0 bridgehead atoms. The van der Waals surface area contributed by atoms with Gasteiger partial charge in [-0.25, -0.2) is 9.59 Å². The number of carboxylic acid groups (broad SMARTS) is 2. The third-order valence-corrected chi connectivity index (χ3v) is 5.64. The Bertz CT molecular complexity index is 929. The van der Waals surface area contributed by atoms with Gasteiger partial charge in [0, 0.05) is 6.42 Å². The molecule has 170 valence electrons. The average molecular weight is 441 g/mol. The molecule has 1 aliphatic heterocycles. The number of carboxylic acids is 2. The summed E-state index contributed by atoms with van der Waals surface area (Å²) in [7, 11) is 1.59. The number of benzene rings is 2. The lowest BCUT2D eigenvalue weighted by Gasteiger charge is -2.47. The molecule has 2 aromatic carbocycles. The number of ether oxygens (including phenoxy) is 2. The normalized spacial score (nSPS) is 18.5. The summed E-state index contributed by atoms with van der Waals surface area (Å²) in [6.07, 6.45) is 1.68. The number of nitrogens with zero attached hydrogens (tertiary/aromatic N) is 1. The zero-order valence-corrected chi connectivity index (χ0v) is 17.8. The van der Waals surface area contributed by atoms with E-state index >= 15 is 0 Å². The molecule has 0 radical (unpaired) electrons. The Labute approximate surface area is 186 Å². The molecule has 0 aliphatic carbocycles. The maximum atomic E-state index is 12.7. The lowest BCUT2D eigenvalue weighted by Crippen LogP contribution is -2.69. The molecule has 1 fully saturated rings. The number of β-lactam (4-membered cyclic amide) rings is 1. The largest absolute Gasteiger partial charge is 0.497 e. The molecule has 8 heteroatoms. The van der Waals surface area contributed by atoms with E-state index in [1.54, 1.807) is 55.6 Å². The molecular weight excluding hydrogens is 414 g/mol. The van der Waals surface area contributed by atoms with Crippen molar-refractivity contribution in [3.05, 3.63) is 60.2 Å². The molecule has 1 aliphatic rings. The van der Waals surface area contributed by atoms with E-state index in [1.165, 1.54) is 0 Å². The summed E-state index contributed by atoms with van der Waals surface area (Å²) in [5.74, 6) is -2.09. The minimum absolute atomic E-state index is 0.0636. The van der Waals surface area contributed by atoms with Crippen LogP contribution in [0, 0.1) is 5.92 Å². The predicted molar refractivity (Wildman–Crippen MR) is 116 cm³/mol. The first-order chi connectivity index (χ1) is 15.4. The van der Waals surface area contributed by atoms with E-state index in [9.17, 15) is 24.6 Å². The molecule has 1 unspecified atom stereocenters. The van der Waals surface area contributed by atoms with Crippen molar-refractivity contribution in [2.24, 2.45) is 5.92 Å². The molecule has 0 aromatic heterocycles. The molecule has 32 heavy (non-hydrogen) atoms. The fourth-order valence-electron chi connectivity index (χ4n) is 3.97. The van der Waals surface area contributed by atoms with Crippen LogP contribution in [0.5, 0.6) is 11.5 Å². The number of unbranched alkanes of at least 4 members (excludes halogenated alkanes) is 1. The Morgan fingerprint density at radius 2 is 1.66 bits per heavy atom. The van der Waals surface area contributed by atoms with Crippen molar-refractivity contribution in [1.82, 2.24) is 4.90 Å². The van der Waals surface area contributed by atoms with Crippen molar-refractivity contribution in [2.75, 3.05) is 13.7 Å². The van der Waals surface area contributed by atoms with Gasteiger partial charge in [-0.3, -0.25) is 4.79 Å². The Morgan fingerprint density at radius 1 is 1.00 bits per heavy atom. The molecule has 3 rings (SSSR count). The highest BCUT2D eigenvalue weighted by molar-refractivity contribution is 5.99. The van der Waals surface area contributed by atoms with Gasteiger partial charge in [0.25, 0.3) is 0 Å². The van der Waals surface area contributed by atoms with Crippen molar-refractivity contribution >= 4 is 17.8 Å². The summed E-state index contributed by atoms with van der Waals surface area (Å²) in [5, 5.41) is 19.3. The summed E-state index contributed by atoms with van der Waals surface area (Å²) >= 11 is 0. The maximum Gasteiger partial charge on any atom is 0.327 e. The molecule has 1 amide bonds. The molecular formula is C24H27NO7. The highest BCUT2D eigenvalue weighted by atomic mass is 16.5. The number of carbonyl (C=O) groups is 3. The van der Waals surface area contributed by atoms with Gasteiger partial charge in [0.05, 0.1) is 19.6 Å². The van der Waals surface area contributed by atoms with Crippen LogP contribution in [0.1, 0.15) is 24.8 Å². The molecule has 8 nitrogen and oxygen atoms in total. The summed E-state index contributed by atoms with van der Waals surface area (Å²) < 4.78 is 10.7. The third kappa shape index (κ3) is 5.38. The molecule has 0 saturated carbocycles. The van der Waals surface area contributed by atoms with Crippen LogP contribution in [0.15, 0.2) is 54.6 Å². The second kappa shape index (κ2) is 10.7. The smallest absolute Gasteiger partial charge is 0.327 e. The SMILES string of the molecule is COc1ccc(OCCCC[C@H]2C(=O)N(C(Cc3ccccc3)C(=O)O)[C@H]2C(=O)O)cc1. The monoisotopic (exact) mass is 441 g/mol. The number of carbonyl (C=O) groups excluding carboxylic acids is 1. The van der Waals surface area contributed by atoms with Crippen LogP contribution in [0.2, 0.25) is 0 Å². The van der Waals surface area contributed by atoms with Crippen molar-refractivity contribution in [1.29, 1.82) is 0 Å². The van der Waals surface area contributed by atoms with Gasteiger partial charge in [-0.05, 0) is 49.1 Å². The van der Waals surface area contributed by atoms with E-state index in [-0.39, 0.29) is 6.42 Å². The topological polar surface area (TPSA) is 113 Å². The van der Waals surface area contributed by atoms with Gasteiger partial charge in [-0.1, -0.05) is 30.3 Å². The number of hydrogen-bond donors (Lipinski definition) is 2. The summed E-state index contributed by atoms with van der Waals surface area (Å²) in [6.45, 7) is 0.431. The number of hydrogen-bond acceptors (Lipinski definition) is 5. The minimum atomic E-state index is -1.21. The van der Waals surface area contributed by atoms with Crippen LogP contribution in [0.25, 0.3) is 0 Å². The summed E-state index contributed by atoms with van der Waals surface area (Å²) in [6, 6.07) is 13.7. The van der Waals surface area contributed by atoms with Crippen LogP contribution < -0.4 is 9.47 Å². The standard InChI is InChI=1S/C24H27NO7/c1-31-17-10-12-18(13-11-17)32-14-6-5-9-19-21(24(29)30)25(22(19)26)20(23(27)28)15-16-7-3-2-4-8-16/h2-4,7-8,10-13,19-21H,5-6,9,14-15H2,1H3,(H,27,28)(H,29,30)/t19-,20?,21-/m1/s1. The highest BCUT2D eigenvalue weighted by Crippen LogP contribution is 2.34. The maximum absolute atomic E-state index is 12.7. The Hall–Kier alpha value is -3.55. The number of methoxy groups -OCH3 is 1. The van der Waals surface area contributed by atoms with E-state index in [0.717, 1.165) is 16.2 Å². The summed E-state index contributed by atoms with van der Waals surface area (Å²) in [5.41, 5.74) is 0.732. The zero-order chi connectivity index (χ0) is 23.1. The van der Waals surface area contributed by atoms with Crippen LogP contribution in [-0.2, 0) is 20.8 Å². The van der Waals surface area contributed by atoms with Gasteiger partial charge >= 0.3 is 11.9 Å². The van der Waals surface area contributed by atoms with Crippen LogP contribution in [0.3, 0.4) is 0 Å². The van der Waals surface area contributed by atoms with E-state index in [1.807, 2.05) is 6.07 Å². The highest BCUT2D eigenvalue weighted by Gasteiger charge is 2.55. The molecule has 2 N–H and O–H groups in total. The second-order valence-corrected chi connectivity index (χ2v) is 7.70. The average Bonchev–Trinajstić information content (AvgIpc) is 2.79. The minimum Gasteiger partial charge on any atom is -0.497 e. The van der Waals surface area contributed by atoms with E-state index in [0.29, 0.717) is 31.6 Å². The van der Waals surface area contributed by atoms with E-state index < -0.39 is 35.8 Å². The molecule has 1 saturated heterocycles. The number of likely N-dealkylation sites (tertiary alicyclic amines) is 1. The number of rotatable bonds is 12. The Morgan fingerprint density at radius 3 is 2.25 bits per heavy atom. The van der Waals surface area contributed by atoms with Crippen LogP contribution in [0.4, 0.5) is 0 Å². The quantitative estimate of drug-likeness (QED) is 0.385. The van der Waals surface area contributed by atoms with Crippen molar-refractivity contribution in [3.8, 4) is 11.5 Å². The van der Waals surface area contributed by atoms with Crippen molar-refractivity contribution < 1.29 is 34.1 Å². The first-order valence-electron chi connectivity index (χ1n) is 10.5. The first kappa shape index (κ1) is 23.1. The molecule has 0 spiro atoms. The fraction of sp³-hybridized carbons (Fsp3) is 0.375. The lowest BCUT2D eigenvalue weighted by molar-refractivity contribution is -0.180. The lowest BCUT2D eigenvalue weighted by atomic mass is 9.81. The van der Waals surface area contributed by atoms with Gasteiger partial charge in [0.15, 0.2) is 0 Å². The molecule has 3 atom stereocenters. The number of aliphatic carboxylic acids is 2. The first-order valence-corrected chi connectivity index (χ1v) is 10.5. The molecule has 1 heterocycles. The number of amides is 1. The second-order valence-electron chi connectivity index (χ2n) is 7.70. The third-order valence-electron chi connectivity index (χ3n) is 5.64. The Balaban J connectivity index is 1.53. The van der Waals surface area contributed by atoms with Gasteiger partial charge in [0.1, 0.15) is 23.6 Å². The van der Waals surface area contributed by atoms with Gasteiger partial charge in [-0.2, -0.15) is 0 Å². The van der Waals surface area contributed by atoms with E-state index in [2.05, 4.69) is 0 Å². The van der Waals surface area contributed by atoms with E-state index in [4.69, 9.17) is 9.47 Å². The van der Waals surface area contributed by atoms with Crippen molar-refractivity contribution in [3.63, 3.8) is 0 Å². The molecule has 2 aromatic rings. The van der Waals surface area contributed by atoms with Crippen LogP contribution >= 0.6 is 0 Å². The van der Waals surface area contributed by atoms with Gasteiger partial charge < -0.3 is 24.6 Å². The van der Waals surface area contributed by atoms with Gasteiger partial charge in [0.2, 0.25) is 5.91 Å². The summed E-state index contributed by atoms with van der Waals surface area (Å²) in [4.78, 5) is 37.4. The van der Waals surface area contributed by atoms with Gasteiger partial charge in [-0.15, -0.1) is 0 Å². The predicted octanol–water partition coefficient (Wildman–Crippen LogP) is 2.85. The zero-order valence-electron chi connectivity index (χ0n) is 17.8. The Kier molecular flexibility index (Phi) is 7.70. The van der Waals surface area contributed by atoms with Crippen LogP contribution in [-0.4, -0.2) is 58.8 Å².